The van der Waals surface area contributed by atoms with Crippen LogP contribution in [-0.2, 0) is 19.4 Å². The third-order valence-corrected chi connectivity index (χ3v) is 8.06. The van der Waals surface area contributed by atoms with E-state index in [1.54, 1.807) is 24.3 Å². The molecule has 2 aliphatic rings. The molecule has 2 heterocycles. The summed E-state index contributed by atoms with van der Waals surface area (Å²) in [5, 5.41) is 2.49. The summed E-state index contributed by atoms with van der Waals surface area (Å²) in [6.07, 6.45) is 4.87. The van der Waals surface area contributed by atoms with E-state index in [0.29, 0.717) is 43.3 Å². The average molecular weight is 433 g/mol. The van der Waals surface area contributed by atoms with Gasteiger partial charge in [-0.1, -0.05) is 12.1 Å². The second-order valence-corrected chi connectivity index (χ2v) is 10.2. The molecular weight excluding hydrogens is 407 g/mol. The second kappa shape index (κ2) is 8.81. The summed E-state index contributed by atoms with van der Waals surface area (Å²) < 4.78 is 43.5. The molecule has 0 bridgehead atoms. The second-order valence-electron chi connectivity index (χ2n) is 8.01. The van der Waals surface area contributed by atoms with Crippen molar-refractivity contribution in [1.29, 1.82) is 0 Å². The maximum absolute atomic E-state index is 13.1. The number of hydrogen-bond donors (Lipinski definition) is 1. The fraction of sp³-hybridized carbons (Fsp3) is 0.455. The summed E-state index contributed by atoms with van der Waals surface area (Å²) in [6.45, 7) is 1.36. The van der Waals surface area contributed by atoms with Gasteiger partial charge in [0.1, 0.15) is 11.6 Å². The molecule has 1 N–H and O–H groups in total. The van der Waals surface area contributed by atoms with Gasteiger partial charge in [-0.3, -0.25) is 4.79 Å². The van der Waals surface area contributed by atoms with E-state index in [2.05, 4.69) is 10.3 Å². The summed E-state index contributed by atoms with van der Waals surface area (Å²) in [4.78, 5) is 17.3. The van der Waals surface area contributed by atoms with Crippen molar-refractivity contribution in [3.8, 4) is 0 Å². The van der Waals surface area contributed by atoms with Crippen molar-refractivity contribution >= 4 is 21.6 Å². The van der Waals surface area contributed by atoms with E-state index in [4.69, 9.17) is 4.74 Å². The number of nitrogens with zero attached hydrogens (tertiary/aromatic N) is 1. The molecule has 0 radical (unpaired) electrons. The lowest BCUT2D eigenvalue weighted by Crippen LogP contribution is -2.26. The lowest BCUT2D eigenvalue weighted by molar-refractivity contribution is -0.118. The minimum absolute atomic E-state index is 0.238. The van der Waals surface area contributed by atoms with Crippen LogP contribution in [0.5, 0.6) is 0 Å². The molecule has 30 heavy (non-hydrogen) atoms. The molecule has 1 aromatic carbocycles. The van der Waals surface area contributed by atoms with Gasteiger partial charge in [0.2, 0.25) is 5.91 Å². The molecule has 1 aliphatic heterocycles. The third kappa shape index (κ3) is 4.87. The summed E-state index contributed by atoms with van der Waals surface area (Å²) in [6, 6.07) is 9.33. The van der Waals surface area contributed by atoms with Crippen LogP contribution in [0.4, 0.5) is 10.2 Å². The molecule has 1 amide bonds. The van der Waals surface area contributed by atoms with Gasteiger partial charge in [-0.25, -0.2) is 17.8 Å². The highest BCUT2D eigenvalue weighted by atomic mass is 32.2. The van der Waals surface area contributed by atoms with E-state index in [0.717, 1.165) is 24.6 Å². The molecule has 0 spiro atoms. The van der Waals surface area contributed by atoms with Crippen molar-refractivity contribution in [3.63, 3.8) is 0 Å². The maximum atomic E-state index is 13.1. The number of amides is 1. The average Bonchev–Trinajstić information content (AvgIpc) is 3.61. The SMILES string of the molecule is O=C(Nc1ccc(F)cn1)C(CC1CCOCC1)c1ccc(S(=O)(=O)C2CC2)cc1. The van der Waals surface area contributed by atoms with Gasteiger partial charge in [0.05, 0.1) is 22.3 Å². The number of hydrogen-bond acceptors (Lipinski definition) is 5. The van der Waals surface area contributed by atoms with Crippen molar-refractivity contribution < 1.29 is 22.3 Å². The third-order valence-electron chi connectivity index (χ3n) is 5.78. The molecule has 6 nitrogen and oxygen atoms in total. The van der Waals surface area contributed by atoms with Gasteiger partial charge < -0.3 is 10.1 Å². The minimum Gasteiger partial charge on any atom is -0.381 e. The fourth-order valence-electron chi connectivity index (χ4n) is 3.83. The fourth-order valence-corrected chi connectivity index (χ4v) is 5.49. The van der Waals surface area contributed by atoms with Gasteiger partial charge in [0.25, 0.3) is 0 Å². The first kappa shape index (κ1) is 20.9. The highest BCUT2D eigenvalue weighted by Gasteiger charge is 2.37. The van der Waals surface area contributed by atoms with Crippen molar-refractivity contribution in [2.75, 3.05) is 18.5 Å². The number of aromatic nitrogens is 1. The zero-order valence-corrected chi connectivity index (χ0v) is 17.4. The molecule has 1 aliphatic carbocycles. The van der Waals surface area contributed by atoms with Crippen LogP contribution in [0.2, 0.25) is 0 Å². The molecule has 4 rings (SSSR count). The minimum atomic E-state index is -3.27. The van der Waals surface area contributed by atoms with Gasteiger partial charge in [-0.2, -0.15) is 0 Å². The largest absolute Gasteiger partial charge is 0.381 e. The van der Waals surface area contributed by atoms with E-state index < -0.39 is 21.6 Å². The monoisotopic (exact) mass is 432 g/mol. The van der Waals surface area contributed by atoms with Crippen LogP contribution < -0.4 is 5.32 Å². The lowest BCUT2D eigenvalue weighted by Gasteiger charge is -2.26. The number of anilines is 1. The Morgan fingerprint density at radius 3 is 2.40 bits per heavy atom. The Kier molecular flexibility index (Phi) is 6.15. The number of halogens is 1. The number of benzene rings is 1. The molecule has 1 atom stereocenters. The van der Waals surface area contributed by atoms with Crippen LogP contribution in [-0.4, -0.2) is 37.8 Å². The van der Waals surface area contributed by atoms with Crippen LogP contribution in [0.3, 0.4) is 0 Å². The highest BCUT2D eigenvalue weighted by molar-refractivity contribution is 7.92. The molecule has 2 fully saturated rings. The Morgan fingerprint density at radius 1 is 1.10 bits per heavy atom. The number of carbonyl (C=O) groups excluding carboxylic acids is 1. The molecule has 2 aromatic rings. The lowest BCUT2D eigenvalue weighted by atomic mass is 9.84. The van der Waals surface area contributed by atoms with Crippen molar-refractivity contribution in [1.82, 2.24) is 4.98 Å². The van der Waals surface area contributed by atoms with Crippen LogP contribution in [0.15, 0.2) is 47.5 Å². The number of rotatable bonds is 7. The molecular formula is C22H25FN2O4S. The summed E-state index contributed by atoms with van der Waals surface area (Å²) in [5.41, 5.74) is 0.760. The number of pyridine rings is 1. The molecule has 1 saturated carbocycles. The van der Waals surface area contributed by atoms with Crippen LogP contribution in [0.1, 0.15) is 43.6 Å². The first-order valence-corrected chi connectivity index (χ1v) is 11.8. The maximum Gasteiger partial charge on any atom is 0.233 e. The van der Waals surface area contributed by atoms with Gasteiger partial charge in [0.15, 0.2) is 9.84 Å². The van der Waals surface area contributed by atoms with Gasteiger partial charge in [-0.15, -0.1) is 0 Å². The van der Waals surface area contributed by atoms with Crippen LogP contribution in [0, 0.1) is 11.7 Å². The van der Waals surface area contributed by atoms with E-state index in [1.165, 1.54) is 12.1 Å². The van der Waals surface area contributed by atoms with Crippen molar-refractivity contribution in [2.45, 2.75) is 48.2 Å². The summed E-state index contributed by atoms with van der Waals surface area (Å²) >= 11 is 0. The molecule has 8 heteroatoms. The first-order chi connectivity index (χ1) is 14.4. The van der Waals surface area contributed by atoms with Crippen molar-refractivity contribution in [2.24, 2.45) is 5.92 Å². The summed E-state index contributed by atoms with van der Waals surface area (Å²) in [5.74, 6) is -0.549. The normalized spacial score (nSPS) is 18.7. The van der Waals surface area contributed by atoms with Crippen molar-refractivity contribution in [3.05, 3.63) is 54.0 Å². The zero-order chi connectivity index (χ0) is 21.1. The van der Waals surface area contributed by atoms with E-state index in [-0.39, 0.29) is 17.0 Å². The Labute approximate surface area is 175 Å². The molecule has 160 valence electrons. The summed E-state index contributed by atoms with van der Waals surface area (Å²) in [7, 11) is -3.27. The molecule has 1 saturated heterocycles. The van der Waals surface area contributed by atoms with Gasteiger partial charge in [-0.05, 0) is 67.9 Å². The van der Waals surface area contributed by atoms with Crippen LogP contribution in [0.25, 0.3) is 0 Å². The molecule has 1 aromatic heterocycles. The smallest absolute Gasteiger partial charge is 0.233 e. The Hall–Kier alpha value is -2.32. The Bertz CT molecular complexity index is 983. The van der Waals surface area contributed by atoms with Gasteiger partial charge >= 0.3 is 0 Å². The number of sulfone groups is 1. The van der Waals surface area contributed by atoms with E-state index >= 15 is 0 Å². The van der Waals surface area contributed by atoms with E-state index in [1.807, 2.05) is 0 Å². The van der Waals surface area contributed by atoms with E-state index in [9.17, 15) is 17.6 Å². The number of nitrogens with one attached hydrogen (secondary N) is 1. The Balaban J connectivity index is 1.55. The predicted molar refractivity (Wildman–Crippen MR) is 110 cm³/mol. The molecule has 1 unspecified atom stereocenters. The van der Waals surface area contributed by atoms with Crippen LogP contribution >= 0.6 is 0 Å². The topological polar surface area (TPSA) is 85.4 Å². The first-order valence-electron chi connectivity index (χ1n) is 10.3. The standard InChI is InChI=1S/C22H25FN2O4S/c23-17-3-8-21(24-14-17)25-22(26)20(13-15-9-11-29-12-10-15)16-1-4-18(5-2-16)30(27,28)19-6-7-19/h1-5,8,14-15,19-20H,6-7,9-13H2,(H,24,25,26). The zero-order valence-electron chi connectivity index (χ0n) is 16.6. The highest BCUT2D eigenvalue weighted by Crippen LogP contribution is 2.35. The van der Waals surface area contributed by atoms with Gasteiger partial charge in [0, 0.05) is 13.2 Å². The Morgan fingerprint density at radius 2 is 1.80 bits per heavy atom. The quantitative estimate of drug-likeness (QED) is 0.721. The number of ether oxygens (including phenoxy) is 1. The predicted octanol–water partition coefficient (Wildman–Crippen LogP) is 3.70. The number of carbonyl (C=O) groups is 1.